The van der Waals surface area contributed by atoms with Crippen LogP contribution in [0.4, 0.5) is 13.2 Å². The minimum atomic E-state index is -2.37. The molecule has 9 atom stereocenters. The Morgan fingerprint density at radius 3 is 2.57 bits per heavy atom. The lowest BCUT2D eigenvalue weighted by Crippen LogP contribution is -2.70. The number of alkyl halides is 3. The molecule has 8 nitrogen and oxygen atoms in total. The summed E-state index contributed by atoms with van der Waals surface area (Å²) in [5, 5.41) is 11.1. The van der Waals surface area contributed by atoms with Gasteiger partial charge < -0.3 is 19.0 Å². The number of rotatable bonds is 7. The van der Waals surface area contributed by atoms with Crippen molar-refractivity contribution in [3.63, 3.8) is 0 Å². The molecule has 0 unspecified atom stereocenters. The molecule has 1 aromatic rings. The fourth-order valence-electron chi connectivity index (χ4n) is 8.63. The number of hydrogen-bond donors (Lipinski definition) is 1. The first kappa shape index (κ1) is 35.0. The Labute approximate surface area is 275 Å². The molecular formula is C35H39F3O8S. The molecule has 0 bridgehead atoms. The number of hydrogen-bond acceptors (Lipinski definition) is 9. The third-order valence-corrected chi connectivity index (χ3v) is 11.6. The zero-order chi connectivity index (χ0) is 34.6. The van der Waals surface area contributed by atoms with Gasteiger partial charge in [0.25, 0.3) is 0 Å². The predicted octanol–water partition coefficient (Wildman–Crippen LogP) is 5.68. The number of ketones is 1. The van der Waals surface area contributed by atoms with Crippen molar-refractivity contribution < 1.29 is 51.3 Å². The average molecular weight is 677 g/mol. The molecule has 12 heteroatoms. The normalized spacial score (nSPS) is 37.4. The number of fused-ring (bicyclic) bond motifs is 5. The van der Waals surface area contributed by atoms with Crippen LogP contribution in [0.25, 0.3) is 0 Å². The van der Waals surface area contributed by atoms with Crippen molar-refractivity contribution in [3.05, 3.63) is 48.0 Å². The molecule has 3 saturated carbocycles. The van der Waals surface area contributed by atoms with Gasteiger partial charge in [0.05, 0.1) is 24.5 Å². The highest BCUT2D eigenvalue weighted by molar-refractivity contribution is 8.14. The predicted molar refractivity (Wildman–Crippen MR) is 166 cm³/mol. The van der Waals surface area contributed by atoms with Gasteiger partial charge in [-0.05, 0) is 75.8 Å². The van der Waals surface area contributed by atoms with E-state index in [0.717, 1.165) is 17.8 Å². The second-order valence-electron chi connectivity index (χ2n) is 14.1. The maximum atomic E-state index is 17.7. The molecule has 0 aliphatic heterocycles. The molecule has 47 heavy (non-hydrogen) atoms. The van der Waals surface area contributed by atoms with Crippen LogP contribution in [0, 0.1) is 40.4 Å². The van der Waals surface area contributed by atoms with E-state index in [0.29, 0.717) is 0 Å². The van der Waals surface area contributed by atoms with Crippen molar-refractivity contribution >= 4 is 34.6 Å². The van der Waals surface area contributed by atoms with Gasteiger partial charge in [0, 0.05) is 22.7 Å². The molecule has 4 aliphatic rings. The third kappa shape index (κ3) is 5.67. The molecule has 3 fully saturated rings. The zero-order valence-electron chi connectivity index (χ0n) is 26.9. The molecule has 4 aliphatic carbocycles. The Morgan fingerprint density at radius 1 is 1.19 bits per heavy atom. The Hall–Kier alpha value is -3.30. The van der Waals surface area contributed by atoms with E-state index in [1.54, 1.807) is 13.8 Å². The highest BCUT2D eigenvalue weighted by atomic mass is 32.2. The highest BCUT2D eigenvalue weighted by Gasteiger charge is 2.78. The van der Waals surface area contributed by atoms with Gasteiger partial charge >= 0.3 is 11.9 Å². The summed E-state index contributed by atoms with van der Waals surface area (Å²) in [5.41, 5.74) is -8.97. The topological polar surface area (TPSA) is 120 Å². The van der Waals surface area contributed by atoms with Crippen molar-refractivity contribution in [1.29, 1.82) is 0 Å². The summed E-state index contributed by atoms with van der Waals surface area (Å²) in [5.74, 6) is 0.482. The molecule has 1 aromatic heterocycles. The molecule has 0 spiro atoms. The van der Waals surface area contributed by atoms with E-state index in [2.05, 4.69) is 11.8 Å². The lowest BCUT2D eigenvalue weighted by molar-refractivity contribution is -0.221. The molecule has 0 saturated heterocycles. The van der Waals surface area contributed by atoms with Crippen LogP contribution in [-0.4, -0.2) is 69.5 Å². The number of carbonyl (C=O) groups excluding carboxylic acids is 4. The molecule has 1 N–H and O–H groups in total. The number of thioether (sulfide) groups is 1. The van der Waals surface area contributed by atoms with Crippen molar-refractivity contribution in [2.45, 2.75) is 89.5 Å². The molecule has 0 aromatic carbocycles. The number of halogens is 3. The zero-order valence-corrected chi connectivity index (χ0v) is 27.8. The van der Waals surface area contributed by atoms with E-state index in [4.69, 9.17) is 13.9 Å². The van der Waals surface area contributed by atoms with E-state index in [9.17, 15) is 28.7 Å². The van der Waals surface area contributed by atoms with Crippen molar-refractivity contribution in [2.24, 2.45) is 28.6 Å². The second-order valence-corrected chi connectivity index (χ2v) is 15.0. The molecule has 0 amide bonds. The van der Waals surface area contributed by atoms with Crippen LogP contribution in [0.2, 0.25) is 0 Å². The van der Waals surface area contributed by atoms with Gasteiger partial charge in [-0.2, -0.15) is 0 Å². The van der Waals surface area contributed by atoms with Crippen LogP contribution < -0.4 is 0 Å². The number of esters is 2. The van der Waals surface area contributed by atoms with Crippen molar-refractivity contribution in [1.82, 2.24) is 0 Å². The molecule has 1 heterocycles. The lowest BCUT2D eigenvalue weighted by atomic mass is 9.44. The van der Waals surface area contributed by atoms with Crippen LogP contribution in [0.5, 0.6) is 0 Å². The fourth-order valence-corrected chi connectivity index (χ4v) is 9.63. The van der Waals surface area contributed by atoms with Crippen molar-refractivity contribution in [3.8, 4) is 11.8 Å². The minimum Gasteiger partial charge on any atom is -0.457 e. The Kier molecular flexibility index (Phi) is 9.16. The van der Waals surface area contributed by atoms with Crippen LogP contribution in [-0.2, 0) is 23.9 Å². The van der Waals surface area contributed by atoms with Gasteiger partial charge in [-0.25, -0.2) is 18.0 Å². The number of aliphatic hydroxyl groups excluding tert-OH is 1. The number of ether oxygens (including phenoxy) is 2. The monoisotopic (exact) mass is 676 g/mol. The fraction of sp³-hybridized carbons (Fsp3) is 0.600. The van der Waals surface area contributed by atoms with Gasteiger partial charge in [0.2, 0.25) is 10.9 Å². The maximum Gasteiger partial charge on any atom is 0.375 e. The lowest BCUT2D eigenvalue weighted by Gasteiger charge is -2.63. The smallest absolute Gasteiger partial charge is 0.375 e. The third-order valence-electron chi connectivity index (χ3n) is 10.7. The quantitative estimate of drug-likeness (QED) is 0.287. The molecular weight excluding hydrogens is 637 g/mol. The van der Waals surface area contributed by atoms with Crippen LogP contribution >= 0.6 is 11.8 Å². The van der Waals surface area contributed by atoms with Gasteiger partial charge in [0.1, 0.15) is 11.8 Å². The second kappa shape index (κ2) is 12.3. The molecule has 254 valence electrons. The molecule has 0 radical (unpaired) electrons. The van der Waals surface area contributed by atoms with Crippen molar-refractivity contribution in [2.75, 3.05) is 12.4 Å². The first-order chi connectivity index (χ1) is 21.9. The summed E-state index contributed by atoms with van der Waals surface area (Å²) in [7, 11) is 0. The average Bonchev–Trinajstić information content (AvgIpc) is 3.59. The number of aliphatic hydroxyl groups is 1. The summed E-state index contributed by atoms with van der Waals surface area (Å²) in [6.07, 6.45) is 0.679. The summed E-state index contributed by atoms with van der Waals surface area (Å²) < 4.78 is 63.5. The Bertz CT molecular complexity index is 1570. The maximum absolute atomic E-state index is 17.7. The van der Waals surface area contributed by atoms with Gasteiger partial charge in [-0.15, -0.1) is 0 Å². The van der Waals surface area contributed by atoms with Crippen LogP contribution in [0.1, 0.15) is 70.9 Å². The Balaban J connectivity index is 1.46. The summed E-state index contributed by atoms with van der Waals surface area (Å²) in [6.45, 7) is 7.06. The van der Waals surface area contributed by atoms with Crippen LogP contribution in [0.3, 0.4) is 0 Å². The largest absolute Gasteiger partial charge is 0.457 e. The van der Waals surface area contributed by atoms with E-state index >= 15 is 8.78 Å². The van der Waals surface area contributed by atoms with Gasteiger partial charge in [-0.1, -0.05) is 43.5 Å². The number of allylic oxidation sites excluding steroid dienone is 4. The number of carbonyl (C=O) groups is 4. The minimum absolute atomic E-state index is 0.0164. The summed E-state index contributed by atoms with van der Waals surface area (Å²) >= 11 is 0.758. The Morgan fingerprint density at radius 2 is 1.91 bits per heavy atom. The van der Waals surface area contributed by atoms with E-state index in [1.807, 2.05) is 0 Å². The first-order valence-electron chi connectivity index (χ1n) is 15.6. The summed E-state index contributed by atoms with van der Waals surface area (Å²) in [4.78, 5) is 51.7. The number of furan rings is 1. The van der Waals surface area contributed by atoms with Gasteiger partial charge in [-0.3, -0.25) is 14.4 Å². The van der Waals surface area contributed by atoms with E-state index < -0.39 is 87.1 Å². The first-order valence-corrected chi connectivity index (χ1v) is 16.6. The van der Waals surface area contributed by atoms with E-state index in [1.165, 1.54) is 51.3 Å². The SMILES string of the molecule is C[C@@H]1C[C@H]2[C@@H]3C[C@H](F)C4=CC(=O)C=C[C@]4(C)[C@@]3(F)[C@@H](O)C[C@]2(C)[C@@]1(OC(=O)c1ccco1)C(=O)SCC#CCOC(=O)CC(C)(C)F. The summed E-state index contributed by atoms with van der Waals surface area (Å²) in [6, 6.07) is 2.87. The van der Waals surface area contributed by atoms with Gasteiger partial charge in [0.15, 0.2) is 23.7 Å². The highest BCUT2D eigenvalue weighted by Crippen LogP contribution is 2.72. The van der Waals surface area contributed by atoms with Crippen LogP contribution in [0.15, 0.2) is 46.6 Å². The van der Waals surface area contributed by atoms with E-state index in [-0.39, 0.29) is 43.0 Å². The standard InChI is InChI=1S/C35H39F3O8S/c1-20-15-22-23-17-25(36)24-16-21(39)10-11-32(24,4)34(23,38)27(40)18-33(22,5)35(20,46-29(42)26-9-8-13-44-26)30(43)47-14-7-6-12-45-28(41)19-31(2,3)37/h8-11,13,16,20,22-23,25,27,40H,12,14-15,17-19H2,1-5H3/t20-,22+,23+,25+,27+,32+,33+,34+,35+/m1/s1. The molecule has 5 rings (SSSR count).